The Morgan fingerprint density at radius 2 is 2.31 bits per heavy atom. The van der Waals surface area contributed by atoms with Gasteiger partial charge in [0, 0.05) is 6.54 Å². The highest BCUT2D eigenvalue weighted by molar-refractivity contribution is 5.66. The number of rotatable bonds is 3. The van der Waals surface area contributed by atoms with Gasteiger partial charge in [-0.1, -0.05) is 13.3 Å². The van der Waals surface area contributed by atoms with Crippen molar-refractivity contribution in [2.24, 2.45) is 0 Å². The molecule has 0 aromatic carbocycles. The van der Waals surface area contributed by atoms with Crippen molar-refractivity contribution in [1.29, 1.82) is 0 Å². The second kappa shape index (κ2) is 3.96. The van der Waals surface area contributed by atoms with E-state index in [1.165, 1.54) is 4.90 Å². The van der Waals surface area contributed by atoms with Gasteiger partial charge in [0.1, 0.15) is 0 Å². The van der Waals surface area contributed by atoms with Crippen LogP contribution in [0.4, 0.5) is 4.79 Å². The summed E-state index contributed by atoms with van der Waals surface area (Å²) in [5.41, 5.74) is -0.486. The summed E-state index contributed by atoms with van der Waals surface area (Å²) < 4.78 is 0. The fourth-order valence-electron chi connectivity index (χ4n) is 2.21. The van der Waals surface area contributed by atoms with Crippen molar-refractivity contribution in [1.82, 2.24) is 4.90 Å². The summed E-state index contributed by atoms with van der Waals surface area (Å²) in [4.78, 5) is 12.3. The van der Waals surface area contributed by atoms with Crippen molar-refractivity contribution >= 4 is 6.09 Å². The molecule has 1 aliphatic rings. The standard InChI is InChI=1S/C9H17NO3/c1-2-4-9(7-11)5-3-6-10(9)8(12)13/h11H,2-7H2,1H3,(H,12,13). The molecule has 4 heteroatoms. The molecule has 1 heterocycles. The number of hydrogen-bond donors (Lipinski definition) is 2. The number of likely N-dealkylation sites (tertiary alicyclic amines) is 1. The van der Waals surface area contributed by atoms with E-state index < -0.39 is 11.6 Å². The zero-order valence-corrected chi connectivity index (χ0v) is 7.99. The van der Waals surface area contributed by atoms with Crippen molar-refractivity contribution in [2.75, 3.05) is 13.2 Å². The molecule has 1 atom stereocenters. The van der Waals surface area contributed by atoms with Crippen LogP contribution in [0.2, 0.25) is 0 Å². The van der Waals surface area contributed by atoms with Crippen LogP contribution in [-0.4, -0.2) is 39.9 Å². The number of aliphatic hydroxyl groups excluding tert-OH is 1. The monoisotopic (exact) mass is 187 g/mol. The Labute approximate surface area is 78.2 Å². The molecule has 0 aromatic rings. The molecule has 0 aromatic heterocycles. The fraction of sp³-hybridized carbons (Fsp3) is 0.889. The molecule has 76 valence electrons. The molecule has 0 saturated carbocycles. The van der Waals surface area contributed by atoms with E-state index in [1.54, 1.807) is 0 Å². The number of amides is 1. The highest BCUT2D eigenvalue weighted by Crippen LogP contribution is 2.32. The minimum absolute atomic E-state index is 0.0485. The first-order chi connectivity index (χ1) is 6.16. The van der Waals surface area contributed by atoms with Gasteiger partial charge in [-0.15, -0.1) is 0 Å². The molecule has 4 nitrogen and oxygen atoms in total. The lowest BCUT2D eigenvalue weighted by Crippen LogP contribution is -2.49. The van der Waals surface area contributed by atoms with Gasteiger partial charge in [-0.25, -0.2) is 4.79 Å². The van der Waals surface area contributed by atoms with Crippen molar-refractivity contribution in [3.63, 3.8) is 0 Å². The minimum Gasteiger partial charge on any atom is -0.465 e. The van der Waals surface area contributed by atoms with E-state index in [2.05, 4.69) is 0 Å². The maximum atomic E-state index is 10.9. The van der Waals surface area contributed by atoms with Crippen LogP contribution in [-0.2, 0) is 0 Å². The fourth-order valence-corrected chi connectivity index (χ4v) is 2.21. The molecule has 1 aliphatic heterocycles. The maximum absolute atomic E-state index is 10.9. The molecular weight excluding hydrogens is 170 g/mol. The van der Waals surface area contributed by atoms with Crippen LogP contribution in [0, 0.1) is 0 Å². The first kappa shape index (κ1) is 10.3. The van der Waals surface area contributed by atoms with Crippen molar-refractivity contribution in [2.45, 2.75) is 38.1 Å². The maximum Gasteiger partial charge on any atom is 0.407 e. The van der Waals surface area contributed by atoms with Crippen LogP contribution in [0.5, 0.6) is 0 Å². The van der Waals surface area contributed by atoms with Gasteiger partial charge < -0.3 is 15.1 Å². The summed E-state index contributed by atoms with van der Waals surface area (Å²) in [6, 6.07) is 0. The summed E-state index contributed by atoms with van der Waals surface area (Å²) in [5, 5.41) is 18.2. The molecule has 1 fully saturated rings. The van der Waals surface area contributed by atoms with Crippen LogP contribution >= 0.6 is 0 Å². The lowest BCUT2D eigenvalue weighted by Gasteiger charge is -2.34. The Morgan fingerprint density at radius 3 is 2.77 bits per heavy atom. The van der Waals surface area contributed by atoms with Gasteiger partial charge in [0.05, 0.1) is 12.1 Å². The minimum atomic E-state index is -0.903. The van der Waals surface area contributed by atoms with E-state index in [0.29, 0.717) is 6.54 Å². The molecule has 0 aliphatic carbocycles. The van der Waals surface area contributed by atoms with E-state index in [4.69, 9.17) is 5.11 Å². The Balaban J connectivity index is 2.76. The second-order valence-corrected chi connectivity index (χ2v) is 3.67. The molecule has 1 amide bonds. The predicted molar refractivity (Wildman–Crippen MR) is 48.7 cm³/mol. The topological polar surface area (TPSA) is 60.8 Å². The van der Waals surface area contributed by atoms with Crippen LogP contribution in [0.15, 0.2) is 0 Å². The first-order valence-corrected chi connectivity index (χ1v) is 4.78. The third kappa shape index (κ3) is 1.77. The van der Waals surface area contributed by atoms with Crippen molar-refractivity contribution in [3.8, 4) is 0 Å². The Hall–Kier alpha value is -0.770. The molecule has 13 heavy (non-hydrogen) atoms. The molecule has 0 radical (unpaired) electrons. The van der Waals surface area contributed by atoms with Crippen LogP contribution in [0.1, 0.15) is 32.6 Å². The largest absolute Gasteiger partial charge is 0.465 e. The molecule has 1 unspecified atom stereocenters. The average Bonchev–Trinajstić information content (AvgIpc) is 2.50. The zero-order valence-electron chi connectivity index (χ0n) is 7.99. The first-order valence-electron chi connectivity index (χ1n) is 4.78. The lowest BCUT2D eigenvalue weighted by molar-refractivity contribution is 0.0539. The Bertz CT molecular complexity index is 195. The van der Waals surface area contributed by atoms with Gasteiger partial charge in [-0.2, -0.15) is 0 Å². The summed E-state index contributed by atoms with van der Waals surface area (Å²) in [7, 11) is 0. The van der Waals surface area contributed by atoms with Gasteiger partial charge in [0.2, 0.25) is 0 Å². The average molecular weight is 187 g/mol. The van der Waals surface area contributed by atoms with E-state index in [1.807, 2.05) is 6.92 Å². The summed E-state index contributed by atoms with van der Waals surface area (Å²) in [6.45, 7) is 2.53. The van der Waals surface area contributed by atoms with Gasteiger partial charge >= 0.3 is 6.09 Å². The van der Waals surface area contributed by atoms with Gasteiger partial charge in [-0.3, -0.25) is 0 Å². The smallest absolute Gasteiger partial charge is 0.407 e. The Kier molecular flexibility index (Phi) is 3.14. The van der Waals surface area contributed by atoms with Gasteiger partial charge in [0.15, 0.2) is 0 Å². The molecule has 2 N–H and O–H groups in total. The number of aliphatic hydroxyl groups is 1. The third-order valence-electron chi connectivity index (χ3n) is 2.84. The molecule has 0 spiro atoms. The van der Waals surface area contributed by atoms with Crippen LogP contribution in [0.25, 0.3) is 0 Å². The molecule has 1 saturated heterocycles. The number of nitrogens with zero attached hydrogens (tertiary/aromatic N) is 1. The van der Waals surface area contributed by atoms with Crippen LogP contribution < -0.4 is 0 Å². The number of carboxylic acid groups (broad SMARTS) is 1. The van der Waals surface area contributed by atoms with E-state index in [-0.39, 0.29) is 6.61 Å². The van der Waals surface area contributed by atoms with Gasteiger partial charge in [-0.05, 0) is 19.3 Å². The Morgan fingerprint density at radius 1 is 1.62 bits per heavy atom. The van der Waals surface area contributed by atoms with E-state index in [0.717, 1.165) is 25.7 Å². The quantitative estimate of drug-likeness (QED) is 0.700. The van der Waals surface area contributed by atoms with Gasteiger partial charge in [0.25, 0.3) is 0 Å². The van der Waals surface area contributed by atoms with Crippen molar-refractivity contribution in [3.05, 3.63) is 0 Å². The third-order valence-corrected chi connectivity index (χ3v) is 2.84. The van der Waals surface area contributed by atoms with Crippen LogP contribution in [0.3, 0.4) is 0 Å². The number of hydrogen-bond acceptors (Lipinski definition) is 2. The summed E-state index contributed by atoms with van der Waals surface area (Å²) >= 11 is 0. The second-order valence-electron chi connectivity index (χ2n) is 3.67. The summed E-state index contributed by atoms with van der Waals surface area (Å²) in [6.07, 6.45) is 2.43. The van der Waals surface area contributed by atoms with E-state index in [9.17, 15) is 9.90 Å². The highest BCUT2D eigenvalue weighted by atomic mass is 16.4. The molecular formula is C9H17NO3. The normalized spacial score (nSPS) is 28.0. The lowest BCUT2D eigenvalue weighted by atomic mass is 9.92. The summed E-state index contributed by atoms with van der Waals surface area (Å²) in [5.74, 6) is 0. The SMILES string of the molecule is CCCC1(CO)CCCN1C(=O)O. The van der Waals surface area contributed by atoms with Crippen molar-refractivity contribution < 1.29 is 15.0 Å². The zero-order chi connectivity index (χ0) is 9.90. The number of carbonyl (C=O) groups is 1. The highest BCUT2D eigenvalue weighted by Gasteiger charge is 2.42. The molecule has 0 bridgehead atoms. The van der Waals surface area contributed by atoms with E-state index >= 15 is 0 Å². The molecule has 1 rings (SSSR count). The predicted octanol–water partition coefficient (Wildman–Crippen LogP) is 1.29.